The second kappa shape index (κ2) is 6.74. The molecule has 21 heavy (non-hydrogen) atoms. The van der Waals surface area contributed by atoms with Crippen LogP contribution in [0.2, 0.25) is 5.02 Å². The molecule has 6 heteroatoms. The Labute approximate surface area is 129 Å². The summed E-state index contributed by atoms with van der Waals surface area (Å²) >= 11 is 5.87. The van der Waals surface area contributed by atoms with Gasteiger partial charge >= 0.3 is 0 Å². The number of benzene rings is 1. The Morgan fingerprint density at radius 2 is 2.05 bits per heavy atom. The molecule has 0 saturated heterocycles. The number of nitrogens with zero attached hydrogens (tertiary/aromatic N) is 2. The van der Waals surface area contributed by atoms with Crippen LogP contribution in [0.25, 0.3) is 5.69 Å². The first-order valence-corrected chi connectivity index (χ1v) is 7.16. The molecule has 112 valence electrons. The van der Waals surface area contributed by atoms with Crippen LogP contribution in [0.1, 0.15) is 23.0 Å². The van der Waals surface area contributed by atoms with Crippen molar-refractivity contribution in [2.45, 2.75) is 19.9 Å². The Morgan fingerprint density at radius 3 is 2.67 bits per heavy atom. The normalized spacial score (nSPS) is 12.2. The van der Waals surface area contributed by atoms with Crippen molar-refractivity contribution in [1.82, 2.24) is 20.4 Å². The first-order valence-electron chi connectivity index (χ1n) is 6.79. The predicted octanol–water partition coefficient (Wildman–Crippen LogP) is 2.17. The second-order valence-corrected chi connectivity index (χ2v) is 5.39. The summed E-state index contributed by atoms with van der Waals surface area (Å²) < 4.78 is 1.68. The summed E-state index contributed by atoms with van der Waals surface area (Å²) in [5, 5.41) is 11.0. The molecule has 0 spiro atoms. The van der Waals surface area contributed by atoms with E-state index in [1.807, 2.05) is 33.0 Å². The van der Waals surface area contributed by atoms with E-state index in [1.165, 1.54) is 0 Å². The molecule has 5 nitrogen and oxygen atoms in total. The fraction of sp³-hybridized carbons (Fsp3) is 0.333. The van der Waals surface area contributed by atoms with Gasteiger partial charge in [0.05, 0.1) is 16.9 Å². The standard InChI is InChI=1S/C15H19ClN4O/c1-10(17-3)8-18-15(21)14-9-20(19-11(14)2)13-6-4-12(16)5-7-13/h4-7,9-10,17H,8H2,1-3H3,(H,18,21). The molecule has 1 amide bonds. The van der Waals surface area contributed by atoms with E-state index < -0.39 is 0 Å². The van der Waals surface area contributed by atoms with E-state index >= 15 is 0 Å². The molecule has 1 heterocycles. The van der Waals surface area contributed by atoms with Crippen molar-refractivity contribution in [2.24, 2.45) is 0 Å². The summed E-state index contributed by atoms with van der Waals surface area (Å²) in [7, 11) is 1.86. The lowest BCUT2D eigenvalue weighted by atomic mass is 10.2. The molecule has 0 saturated carbocycles. The van der Waals surface area contributed by atoms with Crippen LogP contribution in [0.3, 0.4) is 0 Å². The zero-order valence-electron chi connectivity index (χ0n) is 12.4. The quantitative estimate of drug-likeness (QED) is 0.890. The molecule has 2 N–H and O–H groups in total. The van der Waals surface area contributed by atoms with Gasteiger partial charge in [-0.05, 0) is 45.2 Å². The van der Waals surface area contributed by atoms with Gasteiger partial charge in [-0.3, -0.25) is 4.79 Å². The van der Waals surface area contributed by atoms with Crippen LogP contribution in [-0.4, -0.2) is 35.3 Å². The Morgan fingerprint density at radius 1 is 1.38 bits per heavy atom. The molecule has 0 bridgehead atoms. The number of rotatable bonds is 5. The van der Waals surface area contributed by atoms with Gasteiger partial charge in [-0.2, -0.15) is 5.10 Å². The Bertz CT molecular complexity index is 621. The maximum absolute atomic E-state index is 12.2. The molecule has 2 aromatic rings. The summed E-state index contributed by atoms with van der Waals surface area (Å²) in [5.41, 5.74) is 2.14. The maximum atomic E-state index is 12.2. The van der Waals surface area contributed by atoms with Crippen LogP contribution in [0, 0.1) is 6.92 Å². The van der Waals surface area contributed by atoms with E-state index in [2.05, 4.69) is 15.7 Å². The molecule has 0 aliphatic heterocycles. The fourth-order valence-corrected chi connectivity index (χ4v) is 1.98. The van der Waals surface area contributed by atoms with Crippen LogP contribution in [-0.2, 0) is 0 Å². The van der Waals surface area contributed by atoms with Gasteiger partial charge in [-0.25, -0.2) is 4.68 Å². The van der Waals surface area contributed by atoms with Crippen molar-refractivity contribution in [3.63, 3.8) is 0 Å². The lowest BCUT2D eigenvalue weighted by Crippen LogP contribution is -2.37. The molecular weight excluding hydrogens is 288 g/mol. The Hall–Kier alpha value is -1.85. The number of carbonyl (C=O) groups excluding carboxylic acids is 1. The Kier molecular flexibility index (Phi) is 4.98. The monoisotopic (exact) mass is 306 g/mol. The molecular formula is C15H19ClN4O. The van der Waals surface area contributed by atoms with Gasteiger partial charge in [0.15, 0.2) is 0 Å². The molecule has 1 atom stereocenters. The summed E-state index contributed by atoms with van der Waals surface area (Å²) in [6, 6.07) is 7.53. The van der Waals surface area contributed by atoms with Gasteiger partial charge in [0.25, 0.3) is 5.91 Å². The third kappa shape index (κ3) is 3.83. The summed E-state index contributed by atoms with van der Waals surface area (Å²) in [6.45, 7) is 4.40. The lowest BCUT2D eigenvalue weighted by Gasteiger charge is -2.10. The predicted molar refractivity (Wildman–Crippen MR) is 84.2 cm³/mol. The first-order chi connectivity index (χ1) is 10.0. The minimum Gasteiger partial charge on any atom is -0.350 e. The molecule has 1 aromatic carbocycles. The van der Waals surface area contributed by atoms with E-state index in [1.54, 1.807) is 23.0 Å². The number of aryl methyl sites for hydroxylation is 1. The number of amides is 1. The zero-order valence-corrected chi connectivity index (χ0v) is 13.1. The molecule has 0 aliphatic rings. The highest BCUT2D eigenvalue weighted by Crippen LogP contribution is 2.15. The van der Waals surface area contributed by atoms with Gasteiger partial charge in [0.1, 0.15) is 0 Å². The second-order valence-electron chi connectivity index (χ2n) is 4.95. The van der Waals surface area contributed by atoms with Crippen LogP contribution in [0.15, 0.2) is 30.5 Å². The molecule has 2 rings (SSSR count). The number of hydrogen-bond acceptors (Lipinski definition) is 3. The van der Waals surface area contributed by atoms with Crippen LogP contribution < -0.4 is 10.6 Å². The number of carbonyl (C=O) groups is 1. The minimum absolute atomic E-state index is 0.116. The summed E-state index contributed by atoms with van der Waals surface area (Å²) in [6.07, 6.45) is 1.73. The number of halogens is 1. The van der Waals surface area contributed by atoms with Crippen molar-refractivity contribution in [1.29, 1.82) is 0 Å². The van der Waals surface area contributed by atoms with Crippen LogP contribution in [0.5, 0.6) is 0 Å². The van der Waals surface area contributed by atoms with Crippen LogP contribution in [0.4, 0.5) is 0 Å². The number of likely N-dealkylation sites (N-methyl/N-ethyl adjacent to an activating group) is 1. The van der Waals surface area contributed by atoms with Gasteiger partial charge in [0, 0.05) is 23.8 Å². The maximum Gasteiger partial charge on any atom is 0.254 e. The van der Waals surface area contributed by atoms with E-state index in [4.69, 9.17) is 11.6 Å². The van der Waals surface area contributed by atoms with Gasteiger partial charge in [0.2, 0.25) is 0 Å². The number of hydrogen-bond donors (Lipinski definition) is 2. The van der Waals surface area contributed by atoms with Crippen molar-refractivity contribution >= 4 is 17.5 Å². The molecule has 0 aliphatic carbocycles. The van der Waals surface area contributed by atoms with Gasteiger partial charge in [-0.15, -0.1) is 0 Å². The van der Waals surface area contributed by atoms with Crippen molar-refractivity contribution in [2.75, 3.05) is 13.6 Å². The number of nitrogens with one attached hydrogen (secondary N) is 2. The topological polar surface area (TPSA) is 58.9 Å². The zero-order chi connectivity index (χ0) is 15.4. The largest absolute Gasteiger partial charge is 0.350 e. The highest BCUT2D eigenvalue weighted by atomic mass is 35.5. The molecule has 0 fully saturated rings. The molecule has 1 unspecified atom stereocenters. The Balaban J connectivity index is 2.15. The SMILES string of the molecule is CNC(C)CNC(=O)c1cn(-c2ccc(Cl)cc2)nc1C. The van der Waals surface area contributed by atoms with Crippen LogP contribution >= 0.6 is 11.6 Å². The number of aromatic nitrogens is 2. The lowest BCUT2D eigenvalue weighted by molar-refractivity contribution is 0.0950. The molecule has 0 radical (unpaired) electrons. The van der Waals surface area contributed by atoms with E-state index in [0.29, 0.717) is 22.8 Å². The summed E-state index contributed by atoms with van der Waals surface area (Å²) in [4.78, 5) is 12.2. The fourth-order valence-electron chi connectivity index (χ4n) is 1.85. The van der Waals surface area contributed by atoms with E-state index in [9.17, 15) is 4.79 Å². The average molecular weight is 307 g/mol. The summed E-state index contributed by atoms with van der Waals surface area (Å²) in [5.74, 6) is -0.116. The van der Waals surface area contributed by atoms with E-state index in [0.717, 1.165) is 5.69 Å². The molecule has 1 aromatic heterocycles. The third-order valence-electron chi connectivity index (χ3n) is 3.30. The first kappa shape index (κ1) is 15.5. The van der Waals surface area contributed by atoms with Crippen molar-refractivity contribution in [3.8, 4) is 5.69 Å². The smallest absolute Gasteiger partial charge is 0.254 e. The van der Waals surface area contributed by atoms with Crippen molar-refractivity contribution in [3.05, 3.63) is 46.7 Å². The van der Waals surface area contributed by atoms with Crippen molar-refractivity contribution < 1.29 is 4.79 Å². The highest BCUT2D eigenvalue weighted by Gasteiger charge is 2.14. The minimum atomic E-state index is -0.116. The van der Waals surface area contributed by atoms with Gasteiger partial charge < -0.3 is 10.6 Å². The van der Waals surface area contributed by atoms with E-state index in [-0.39, 0.29) is 11.9 Å². The average Bonchev–Trinajstić information content (AvgIpc) is 2.87. The van der Waals surface area contributed by atoms with Gasteiger partial charge in [-0.1, -0.05) is 11.6 Å². The third-order valence-corrected chi connectivity index (χ3v) is 3.55. The highest BCUT2D eigenvalue weighted by molar-refractivity contribution is 6.30.